The van der Waals surface area contributed by atoms with E-state index in [1.807, 2.05) is 48.5 Å². The Morgan fingerprint density at radius 1 is 1.03 bits per heavy atom. The average molecular weight is 442 g/mol. The average Bonchev–Trinajstić information content (AvgIpc) is 3.10. The van der Waals surface area contributed by atoms with Crippen LogP contribution < -0.4 is 10.5 Å². The molecule has 0 spiro atoms. The summed E-state index contributed by atoms with van der Waals surface area (Å²) >= 11 is 12.8. The SMILES string of the molecule is Cc1c(N2C(=O)/C(=C\c3ccccc3Cl)SC2=S)c(=O)n(-c2ccccc2)n1C. The predicted molar refractivity (Wildman–Crippen MR) is 123 cm³/mol. The lowest BCUT2D eigenvalue weighted by Crippen LogP contribution is -2.33. The Labute approximate surface area is 182 Å². The highest BCUT2D eigenvalue weighted by atomic mass is 35.5. The Bertz CT molecular complexity index is 1230. The fourth-order valence-corrected chi connectivity index (χ4v) is 4.66. The van der Waals surface area contributed by atoms with Crippen LogP contribution in [0.5, 0.6) is 0 Å². The summed E-state index contributed by atoms with van der Waals surface area (Å²) in [5, 5.41) is 0.542. The molecule has 4 rings (SSSR count). The summed E-state index contributed by atoms with van der Waals surface area (Å²) in [7, 11) is 1.78. The summed E-state index contributed by atoms with van der Waals surface area (Å²) < 4.78 is 3.57. The van der Waals surface area contributed by atoms with Crippen molar-refractivity contribution in [1.82, 2.24) is 9.36 Å². The molecule has 2 heterocycles. The second kappa shape index (κ2) is 7.67. The molecule has 1 saturated heterocycles. The first-order valence-corrected chi connectivity index (χ1v) is 10.4. The number of hydrogen-bond donors (Lipinski definition) is 0. The molecule has 0 aliphatic carbocycles. The molecule has 0 unspecified atom stereocenters. The van der Waals surface area contributed by atoms with E-state index < -0.39 is 0 Å². The number of nitrogens with zero attached hydrogens (tertiary/aromatic N) is 3. The number of benzene rings is 2. The zero-order chi connectivity index (χ0) is 20.7. The van der Waals surface area contributed by atoms with Crippen LogP contribution in [0.25, 0.3) is 11.8 Å². The van der Waals surface area contributed by atoms with Crippen molar-refractivity contribution in [1.29, 1.82) is 0 Å². The van der Waals surface area contributed by atoms with Gasteiger partial charge in [0.1, 0.15) is 5.69 Å². The summed E-state index contributed by atoms with van der Waals surface area (Å²) in [4.78, 5) is 28.1. The van der Waals surface area contributed by atoms with Crippen LogP contribution in [0.2, 0.25) is 5.02 Å². The highest BCUT2D eigenvalue weighted by molar-refractivity contribution is 8.27. The maximum Gasteiger partial charge on any atom is 0.296 e. The van der Waals surface area contributed by atoms with Crippen LogP contribution in [-0.2, 0) is 11.8 Å². The van der Waals surface area contributed by atoms with Crippen molar-refractivity contribution in [2.75, 3.05) is 4.90 Å². The predicted octanol–water partition coefficient (Wildman–Crippen LogP) is 4.54. The van der Waals surface area contributed by atoms with E-state index in [1.54, 1.807) is 30.8 Å². The fraction of sp³-hybridized carbons (Fsp3) is 0.0952. The Morgan fingerprint density at radius 2 is 1.69 bits per heavy atom. The maximum atomic E-state index is 13.2. The number of hydrogen-bond acceptors (Lipinski definition) is 4. The number of para-hydroxylation sites is 1. The van der Waals surface area contributed by atoms with Crippen molar-refractivity contribution < 1.29 is 4.79 Å². The van der Waals surface area contributed by atoms with Crippen LogP contribution in [0.15, 0.2) is 64.3 Å². The van der Waals surface area contributed by atoms with Gasteiger partial charge in [-0.15, -0.1) is 0 Å². The van der Waals surface area contributed by atoms with E-state index in [0.29, 0.717) is 25.6 Å². The van der Waals surface area contributed by atoms with Gasteiger partial charge in [-0.05, 0) is 36.8 Å². The van der Waals surface area contributed by atoms with E-state index in [0.717, 1.165) is 17.3 Å². The highest BCUT2D eigenvalue weighted by Gasteiger charge is 2.37. The van der Waals surface area contributed by atoms with Gasteiger partial charge in [-0.1, -0.05) is 72.0 Å². The number of aromatic nitrogens is 2. The van der Waals surface area contributed by atoms with Gasteiger partial charge in [-0.25, -0.2) is 4.68 Å². The molecule has 0 N–H and O–H groups in total. The van der Waals surface area contributed by atoms with Crippen LogP contribution in [0.1, 0.15) is 11.3 Å². The maximum absolute atomic E-state index is 13.2. The van der Waals surface area contributed by atoms with E-state index >= 15 is 0 Å². The molecular weight excluding hydrogens is 426 g/mol. The van der Waals surface area contributed by atoms with Crippen LogP contribution >= 0.6 is 35.6 Å². The number of anilines is 1. The minimum absolute atomic E-state index is 0.265. The van der Waals surface area contributed by atoms with Gasteiger partial charge in [0.25, 0.3) is 11.5 Å². The summed E-state index contributed by atoms with van der Waals surface area (Å²) in [6, 6.07) is 16.5. The lowest BCUT2D eigenvalue weighted by molar-refractivity contribution is -0.113. The van der Waals surface area contributed by atoms with E-state index in [9.17, 15) is 9.59 Å². The van der Waals surface area contributed by atoms with Crippen molar-refractivity contribution in [3.8, 4) is 5.69 Å². The van der Waals surface area contributed by atoms with Crippen molar-refractivity contribution >= 4 is 57.6 Å². The van der Waals surface area contributed by atoms with Gasteiger partial charge < -0.3 is 0 Å². The second-order valence-corrected chi connectivity index (χ2v) is 8.53. The first-order valence-electron chi connectivity index (χ1n) is 8.76. The fourth-order valence-electron chi connectivity index (χ4n) is 3.21. The number of carbonyl (C=O) groups excluding carboxylic acids is 1. The van der Waals surface area contributed by atoms with Gasteiger partial charge in [0, 0.05) is 12.1 Å². The van der Waals surface area contributed by atoms with Crippen LogP contribution in [0, 0.1) is 6.92 Å². The number of carbonyl (C=O) groups is 1. The number of halogens is 1. The summed E-state index contributed by atoms with van der Waals surface area (Å²) in [6.45, 7) is 1.80. The van der Waals surface area contributed by atoms with Gasteiger partial charge in [0.05, 0.1) is 16.3 Å². The standard InChI is InChI=1S/C21H16ClN3O2S2/c1-13-18(20(27)25(23(13)2)15-9-4-3-5-10-15)24-19(26)17(29-21(24)28)12-14-8-6-7-11-16(14)22/h3-12H,1-2H3/b17-12+. The van der Waals surface area contributed by atoms with E-state index in [2.05, 4.69) is 0 Å². The molecule has 3 aromatic rings. The molecule has 0 bridgehead atoms. The molecule has 0 radical (unpaired) electrons. The molecule has 8 heteroatoms. The number of thioether (sulfide) groups is 1. The number of amides is 1. The zero-order valence-electron chi connectivity index (χ0n) is 15.6. The minimum Gasteiger partial charge on any atom is -0.283 e. The van der Waals surface area contributed by atoms with E-state index in [-0.39, 0.29) is 17.2 Å². The summed E-state index contributed by atoms with van der Waals surface area (Å²) in [5.74, 6) is -0.328. The second-order valence-electron chi connectivity index (χ2n) is 6.45. The third-order valence-corrected chi connectivity index (χ3v) is 6.38. The van der Waals surface area contributed by atoms with Crippen molar-refractivity contribution in [3.05, 3.63) is 86.1 Å². The number of rotatable bonds is 3. The minimum atomic E-state index is -0.328. The smallest absolute Gasteiger partial charge is 0.283 e. The van der Waals surface area contributed by atoms with Gasteiger partial charge in [-0.2, -0.15) is 0 Å². The molecule has 146 valence electrons. The Hall–Kier alpha value is -2.61. The van der Waals surface area contributed by atoms with Gasteiger partial charge >= 0.3 is 0 Å². The van der Waals surface area contributed by atoms with Crippen LogP contribution in [-0.4, -0.2) is 19.6 Å². The molecule has 1 fully saturated rings. The topological polar surface area (TPSA) is 47.2 Å². The molecule has 1 amide bonds. The third-order valence-electron chi connectivity index (χ3n) is 4.73. The molecule has 29 heavy (non-hydrogen) atoms. The quantitative estimate of drug-likeness (QED) is 0.442. The normalized spacial score (nSPS) is 15.6. The Balaban J connectivity index is 1.80. The van der Waals surface area contributed by atoms with E-state index in [1.165, 1.54) is 9.58 Å². The lowest BCUT2D eigenvalue weighted by Gasteiger charge is -2.12. The number of thiocarbonyl (C=S) groups is 1. The van der Waals surface area contributed by atoms with Gasteiger partial charge in [0.2, 0.25) is 0 Å². The van der Waals surface area contributed by atoms with Crippen LogP contribution in [0.3, 0.4) is 0 Å². The van der Waals surface area contributed by atoms with Gasteiger partial charge in [-0.3, -0.25) is 19.2 Å². The highest BCUT2D eigenvalue weighted by Crippen LogP contribution is 2.37. The van der Waals surface area contributed by atoms with Gasteiger partial charge in [0.15, 0.2) is 4.32 Å². The van der Waals surface area contributed by atoms with Crippen molar-refractivity contribution in [2.45, 2.75) is 6.92 Å². The Morgan fingerprint density at radius 3 is 2.38 bits per heavy atom. The molecule has 1 aliphatic heterocycles. The molecular formula is C21H16ClN3O2S2. The van der Waals surface area contributed by atoms with E-state index in [4.69, 9.17) is 23.8 Å². The van der Waals surface area contributed by atoms with Crippen molar-refractivity contribution in [3.63, 3.8) is 0 Å². The zero-order valence-corrected chi connectivity index (χ0v) is 18.0. The summed E-state index contributed by atoms with van der Waals surface area (Å²) in [6.07, 6.45) is 1.70. The van der Waals surface area contributed by atoms with Crippen molar-refractivity contribution in [2.24, 2.45) is 7.05 Å². The largest absolute Gasteiger partial charge is 0.296 e. The summed E-state index contributed by atoms with van der Waals surface area (Å²) in [5.41, 5.74) is 2.05. The molecule has 0 atom stereocenters. The molecule has 1 aliphatic rings. The molecule has 1 aromatic heterocycles. The van der Waals surface area contributed by atoms with Crippen LogP contribution in [0.4, 0.5) is 5.69 Å². The first-order chi connectivity index (χ1) is 13.9. The molecule has 5 nitrogen and oxygen atoms in total. The molecule has 0 saturated carbocycles. The lowest BCUT2D eigenvalue weighted by atomic mass is 10.2. The Kier molecular flexibility index (Phi) is 5.21. The molecule has 2 aromatic carbocycles. The monoisotopic (exact) mass is 441 g/mol. The third kappa shape index (κ3) is 3.35. The first kappa shape index (κ1) is 19.7.